The Bertz CT molecular complexity index is 608. The number of esters is 1. The van der Waals surface area contributed by atoms with Gasteiger partial charge in [0.25, 0.3) is 0 Å². The van der Waals surface area contributed by atoms with E-state index in [1.165, 1.54) is 18.3 Å². The summed E-state index contributed by atoms with van der Waals surface area (Å²) in [4.78, 5) is 31.8. The normalized spacial score (nSPS) is 10.2. The summed E-state index contributed by atoms with van der Waals surface area (Å²) in [6, 6.07) is 3.60. The zero-order valence-corrected chi connectivity index (χ0v) is 11.4. The quantitative estimate of drug-likeness (QED) is 0.634. The van der Waals surface area contributed by atoms with E-state index >= 15 is 0 Å². The number of thiazole rings is 1. The van der Waals surface area contributed by atoms with Crippen LogP contribution in [0.2, 0.25) is 0 Å². The molecular formula is C13H12N2O3S. The van der Waals surface area contributed by atoms with Crippen LogP contribution in [-0.2, 0) is 4.74 Å². The average Bonchev–Trinajstić information content (AvgIpc) is 2.85. The molecule has 0 saturated heterocycles. The van der Waals surface area contributed by atoms with Gasteiger partial charge in [-0.25, -0.2) is 9.78 Å². The van der Waals surface area contributed by atoms with Gasteiger partial charge in [0.15, 0.2) is 11.5 Å². The minimum atomic E-state index is -0.570. The highest BCUT2D eigenvalue weighted by atomic mass is 32.1. The van der Waals surface area contributed by atoms with E-state index in [0.29, 0.717) is 9.88 Å². The molecule has 5 nitrogen and oxygen atoms in total. The van der Waals surface area contributed by atoms with Gasteiger partial charge in [-0.2, -0.15) is 0 Å². The lowest BCUT2D eigenvalue weighted by Crippen LogP contribution is -2.09. The van der Waals surface area contributed by atoms with Gasteiger partial charge in [-0.1, -0.05) is 0 Å². The van der Waals surface area contributed by atoms with Gasteiger partial charge < -0.3 is 4.74 Å². The maximum absolute atomic E-state index is 11.8. The van der Waals surface area contributed by atoms with Crippen LogP contribution >= 0.6 is 11.3 Å². The largest absolute Gasteiger partial charge is 0.461 e. The Labute approximate surface area is 114 Å². The molecule has 0 amide bonds. The topological polar surface area (TPSA) is 69.2 Å². The van der Waals surface area contributed by atoms with E-state index in [1.54, 1.807) is 25.4 Å². The number of pyridine rings is 1. The molecule has 0 fully saturated rings. The summed E-state index contributed by atoms with van der Waals surface area (Å²) in [5.41, 5.74) is 0.851. The zero-order chi connectivity index (χ0) is 13.8. The molecule has 0 bridgehead atoms. The number of nitrogens with zero attached hydrogens (tertiary/aromatic N) is 2. The number of rotatable bonds is 4. The summed E-state index contributed by atoms with van der Waals surface area (Å²) in [5.74, 6) is -0.769. The Morgan fingerprint density at radius 1 is 1.42 bits per heavy atom. The summed E-state index contributed by atoms with van der Waals surface area (Å²) < 4.78 is 4.91. The Hall–Kier alpha value is -2.08. The predicted molar refractivity (Wildman–Crippen MR) is 71.3 cm³/mol. The van der Waals surface area contributed by atoms with Crippen LogP contribution in [0.4, 0.5) is 0 Å². The first-order valence-electron chi connectivity index (χ1n) is 5.72. The summed E-state index contributed by atoms with van der Waals surface area (Å²) in [6.07, 6.45) is 3.28. The molecule has 6 heteroatoms. The maximum Gasteiger partial charge on any atom is 0.358 e. The number of ether oxygens (including phenoxy) is 1. The molecule has 0 aliphatic heterocycles. The van der Waals surface area contributed by atoms with Gasteiger partial charge in [0.2, 0.25) is 0 Å². The minimum Gasteiger partial charge on any atom is -0.461 e. The number of Topliss-reactive ketones (excluding diaryl/α,β-unsaturated/α-hetero) is 1. The number of hydrogen-bond donors (Lipinski definition) is 0. The van der Waals surface area contributed by atoms with Crippen LogP contribution < -0.4 is 0 Å². The minimum absolute atomic E-state index is 0.0817. The number of aromatic nitrogens is 2. The monoisotopic (exact) mass is 276 g/mol. The first-order chi connectivity index (χ1) is 9.13. The van der Waals surface area contributed by atoms with Crippen LogP contribution in [-0.4, -0.2) is 28.3 Å². The zero-order valence-electron chi connectivity index (χ0n) is 10.5. The Balaban J connectivity index is 2.47. The molecule has 0 unspecified atom stereocenters. The molecule has 2 aromatic heterocycles. The lowest BCUT2D eigenvalue weighted by atomic mass is 10.3. The first kappa shape index (κ1) is 13.4. The molecule has 98 valence electrons. The van der Waals surface area contributed by atoms with Crippen molar-refractivity contribution in [3.63, 3.8) is 0 Å². The molecule has 0 radical (unpaired) electrons. The maximum atomic E-state index is 11.8. The van der Waals surface area contributed by atoms with Gasteiger partial charge in [0.1, 0.15) is 9.88 Å². The lowest BCUT2D eigenvalue weighted by molar-refractivity contribution is 0.0517. The molecule has 2 aromatic rings. The average molecular weight is 276 g/mol. The van der Waals surface area contributed by atoms with E-state index in [0.717, 1.165) is 5.56 Å². The third-order valence-electron chi connectivity index (χ3n) is 2.32. The highest BCUT2D eigenvalue weighted by Gasteiger charge is 2.22. The number of hydrogen-bond acceptors (Lipinski definition) is 6. The molecule has 0 saturated carbocycles. The van der Waals surface area contributed by atoms with Crippen LogP contribution in [0.25, 0.3) is 10.6 Å². The van der Waals surface area contributed by atoms with Gasteiger partial charge in [0.05, 0.1) is 6.61 Å². The predicted octanol–water partition coefficient (Wildman–Crippen LogP) is 2.58. The fourth-order valence-electron chi connectivity index (χ4n) is 1.51. The Morgan fingerprint density at radius 3 is 2.79 bits per heavy atom. The van der Waals surface area contributed by atoms with Crippen LogP contribution in [0, 0.1) is 0 Å². The SMILES string of the molecule is CCOC(=O)c1nc(-c2cccnc2)sc1C(C)=O. The second kappa shape index (κ2) is 5.71. The summed E-state index contributed by atoms with van der Waals surface area (Å²) in [6.45, 7) is 3.36. The fraction of sp³-hybridized carbons (Fsp3) is 0.231. The lowest BCUT2D eigenvalue weighted by Gasteiger charge is -1.98. The van der Waals surface area contributed by atoms with Crippen molar-refractivity contribution >= 4 is 23.1 Å². The standard InChI is InChI=1S/C13H12N2O3S/c1-3-18-13(17)10-11(8(2)16)19-12(15-10)9-5-4-6-14-7-9/h4-7H,3H2,1-2H3. The molecule has 0 aliphatic carbocycles. The van der Waals surface area contributed by atoms with Crippen molar-refractivity contribution in [2.75, 3.05) is 6.61 Å². The first-order valence-corrected chi connectivity index (χ1v) is 6.54. The van der Waals surface area contributed by atoms with Crippen LogP contribution in [0.3, 0.4) is 0 Å². The molecule has 2 rings (SSSR count). The van der Waals surface area contributed by atoms with Crippen LogP contribution in [0.1, 0.15) is 34.0 Å². The Kier molecular flexibility index (Phi) is 4.01. The molecule has 0 atom stereocenters. The van der Waals surface area contributed by atoms with E-state index in [2.05, 4.69) is 9.97 Å². The highest BCUT2D eigenvalue weighted by Crippen LogP contribution is 2.28. The van der Waals surface area contributed by atoms with E-state index < -0.39 is 5.97 Å². The summed E-state index contributed by atoms with van der Waals surface area (Å²) >= 11 is 1.17. The third-order valence-corrected chi connectivity index (χ3v) is 3.53. The van der Waals surface area contributed by atoms with Gasteiger partial charge in [-0.3, -0.25) is 9.78 Å². The van der Waals surface area contributed by atoms with E-state index in [4.69, 9.17) is 4.74 Å². The van der Waals surface area contributed by atoms with Crippen molar-refractivity contribution in [2.45, 2.75) is 13.8 Å². The Morgan fingerprint density at radius 2 is 2.21 bits per heavy atom. The number of carbonyl (C=O) groups excluding carboxylic acids is 2. The van der Waals surface area contributed by atoms with Gasteiger partial charge in [-0.15, -0.1) is 11.3 Å². The number of ketones is 1. The van der Waals surface area contributed by atoms with Crippen molar-refractivity contribution in [2.24, 2.45) is 0 Å². The molecule has 19 heavy (non-hydrogen) atoms. The van der Waals surface area contributed by atoms with Gasteiger partial charge in [-0.05, 0) is 19.1 Å². The molecule has 0 spiro atoms. The van der Waals surface area contributed by atoms with Gasteiger partial charge in [0, 0.05) is 24.9 Å². The molecular weight excluding hydrogens is 264 g/mol. The van der Waals surface area contributed by atoms with E-state index in [1.807, 2.05) is 6.07 Å². The summed E-state index contributed by atoms with van der Waals surface area (Å²) in [7, 11) is 0. The highest BCUT2D eigenvalue weighted by molar-refractivity contribution is 7.17. The van der Waals surface area contributed by atoms with Crippen molar-refractivity contribution in [1.82, 2.24) is 9.97 Å². The van der Waals surface area contributed by atoms with Crippen LogP contribution in [0.5, 0.6) is 0 Å². The molecule has 0 N–H and O–H groups in total. The van der Waals surface area contributed by atoms with Crippen molar-refractivity contribution in [3.05, 3.63) is 35.1 Å². The van der Waals surface area contributed by atoms with Gasteiger partial charge >= 0.3 is 5.97 Å². The smallest absolute Gasteiger partial charge is 0.358 e. The van der Waals surface area contributed by atoms with Crippen molar-refractivity contribution < 1.29 is 14.3 Å². The van der Waals surface area contributed by atoms with Crippen LogP contribution in [0.15, 0.2) is 24.5 Å². The third kappa shape index (κ3) is 2.85. The fourth-order valence-corrected chi connectivity index (χ4v) is 2.45. The second-order valence-electron chi connectivity index (χ2n) is 3.72. The van der Waals surface area contributed by atoms with Crippen molar-refractivity contribution in [3.8, 4) is 10.6 Å². The molecule has 0 aromatic carbocycles. The summed E-state index contributed by atoms with van der Waals surface area (Å²) in [5, 5.41) is 0.585. The molecule has 0 aliphatic rings. The molecule has 2 heterocycles. The second-order valence-corrected chi connectivity index (χ2v) is 4.71. The van der Waals surface area contributed by atoms with E-state index in [9.17, 15) is 9.59 Å². The number of carbonyl (C=O) groups is 2. The van der Waals surface area contributed by atoms with E-state index in [-0.39, 0.29) is 18.1 Å². The van der Waals surface area contributed by atoms with Crippen molar-refractivity contribution in [1.29, 1.82) is 0 Å².